The molecule has 5 nitrogen and oxygen atoms in total. The second-order valence-electron chi connectivity index (χ2n) is 8.37. The zero-order chi connectivity index (χ0) is 26.1. The average Bonchev–Trinajstić information content (AvgIpc) is 2.96. The van der Waals surface area contributed by atoms with Gasteiger partial charge in [-0.05, 0) is 40.5 Å². The van der Waals surface area contributed by atoms with Gasteiger partial charge < -0.3 is 14.2 Å². The van der Waals surface area contributed by atoms with Gasteiger partial charge in [-0.25, -0.2) is 9.18 Å². The number of nitriles is 1. The van der Waals surface area contributed by atoms with Gasteiger partial charge in [-0.2, -0.15) is 5.26 Å². The summed E-state index contributed by atoms with van der Waals surface area (Å²) in [5.74, 6) is -1.18. The number of rotatable bonds is 10. The van der Waals surface area contributed by atoms with E-state index in [0.29, 0.717) is 5.56 Å². The Kier molecular flexibility index (Phi) is 10.8. The van der Waals surface area contributed by atoms with Crippen molar-refractivity contribution in [1.29, 1.82) is 5.26 Å². The molecule has 0 unspecified atom stereocenters. The van der Waals surface area contributed by atoms with E-state index in [1.807, 2.05) is 97.1 Å². The molecule has 1 atom stereocenters. The normalized spacial score (nSPS) is 11.6. The standard InChI is InChI=1S/C31H26FNO4.Na/c1-35-30(34)29(36-21-24-17-23(20-33)18-28(32)19-24)22-37-31(25-11-5-2-6-12-25,26-13-7-3-8-14-26)27-15-9-4-10-16-27;/h2-19,29H,21-22H2,1H3;/t29-;/m0./s1. The molecule has 7 heteroatoms. The molecule has 0 saturated carbocycles. The number of nitrogens with zero attached hydrogens (tertiary/aromatic N) is 1. The molecule has 0 heterocycles. The average molecular weight is 519 g/mol. The molecule has 0 spiro atoms. The van der Waals surface area contributed by atoms with Crippen LogP contribution in [0.15, 0.2) is 109 Å². The first-order valence-electron chi connectivity index (χ1n) is 11.8. The number of methoxy groups -OCH3 is 1. The van der Waals surface area contributed by atoms with Gasteiger partial charge >= 0.3 is 5.97 Å². The summed E-state index contributed by atoms with van der Waals surface area (Å²) in [6.45, 7) is -0.254. The summed E-state index contributed by atoms with van der Waals surface area (Å²) in [4.78, 5) is 12.7. The van der Waals surface area contributed by atoms with Crippen molar-refractivity contribution in [3.63, 3.8) is 0 Å². The van der Waals surface area contributed by atoms with Crippen LogP contribution in [0.2, 0.25) is 0 Å². The summed E-state index contributed by atoms with van der Waals surface area (Å²) in [6.07, 6.45) is -1.10. The van der Waals surface area contributed by atoms with Crippen molar-refractivity contribution in [3.8, 4) is 6.07 Å². The number of halogens is 1. The summed E-state index contributed by atoms with van der Waals surface area (Å²) >= 11 is 0. The summed E-state index contributed by atoms with van der Waals surface area (Å²) in [5, 5.41) is 9.14. The van der Waals surface area contributed by atoms with Gasteiger partial charge in [-0.1, -0.05) is 91.0 Å². The SMILES string of the molecule is COC(=O)[C@H](COC(c1ccccc1)(c1ccccc1)c1ccccc1)OCc1cc(F)cc(C#N)c1.[Na]. The topological polar surface area (TPSA) is 68.6 Å². The van der Waals surface area contributed by atoms with Crippen LogP contribution in [-0.4, -0.2) is 55.3 Å². The Morgan fingerprint density at radius 3 is 1.82 bits per heavy atom. The van der Waals surface area contributed by atoms with Gasteiger partial charge in [0, 0.05) is 29.6 Å². The van der Waals surface area contributed by atoms with Gasteiger partial charge in [0.1, 0.15) is 11.4 Å². The molecule has 0 aliphatic carbocycles. The van der Waals surface area contributed by atoms with Crippen LogP contribution in [0, 0.1) is 17.1 Å². The summed E-state index contributed by atoms with van der Waals surface area (Å²) < 4.78 is 31.4. The molecule has 4 aromatic rings. The summed E-state index contributed by atoms with van der Waals surface area (Å²) in [6, 6.07) is 35.1. The first-order chi connectivity index (χ1) is 18.1. The Bertz CT molecular complexity index is 1260. The summed E-state index contributed by atoms with van der Waals surface area (Å²) in [5.41, 5.74) is 2.16. The number of ether oxygens (including phenoxy) is 3. The van der Waals surface area contributed by atoms with E-state index in [2.05, 4.69) is 0 Å². The second kappa shape index (κ2) is 14.0. The molecule has 38 heavy (non-hydrogen) atoms. The minimum atomic E-state index is -1.10. The Morgan fingerprint density at radius 1 is 0.868 bits per heavy atom. The monoisotopic (exact) mass is 518 g/mol. The number of hydrogen-bond donors (Lipinski definition) is 0. The molecule has 4 aromatic carbocycles. The predicted molar refractivity (Wildman–Crippen MR) is 143 cm³/mol. The zero-order valence-electron chi connectivity index (χ0n) is 21.3. The first kappa shape index (κ1) is 29.2. The molecular weight excluding hydrogens is 492 g/mol. The molecule has 0 saturated heterocycles. The first-order valence-corrected chi connectivity index (χ1v) is 11.8. The van der Waals surface area contributed by atoms with Gasteiger partial charge in [0.15, 0.2) is 6.10 Å². The molecule has 4 rings (SSSR count). The quantitative estimate of drug-likeness (QED) is 0.160. The minimum Gasteiger partial charge on any atom is -0.467 e. The minimum absolute atomic E-state index is 0. The largest absolute Gasteiger partial charge is 0.467 e. The van der Waals surface area contributed by atoms with E-state index in [1.165, 1.54) is 19.2 Å². The molecular formula is C31H26FNNaO4. The van der Waals surface area contributed by atoms with Gasteiger partial charge in [-0.15, -0.1) is 0 Å². The molecule has 1 radical (unpaired) electrons. The maximum Gasteiger partial charge on any atom is 0.337 e. The van der Waals surface area contributed by atoms with Crippen molar-refractivity contribution < 1.29 is 23.4 Å². The predicted octanol–water partition coefficient (Wildman–Crippen LogP) is 5.38. The molecule has 0 N–H and O–H groups in total. The maximum atomic E-state index is 13.9. The molecule has 0 aromatic heterocycles. The number of hydrogen-bond acceptors (Lipinski definition) is 5. The van der Waals surface area contributed by atoms with E-state index < -0.39 is 23.5 Å². The van der Waals surface area contributed by atoms with Crippen LogP contribution in [0.3, 0.4) is 0 Å². The van der Waals surface area contributed by atoms with Crippen LogP contribution >= 0.6 is 0 Å². The van der Waals surface area contributed by atoms with Crippen LogP contribution in [0.5, 0.6) is 0 Å². The van der Waals surface area contributed by atoms with Crippen LogP contribution in [0.1, 0.15) is 27.8 Å². The van der Waals surface area contributed by atoms with Crippen molar-refractivity contribution >= 4 is 35.5 Å². The fraction of sp³-hybridized carbons (Fsp3) is 0.161. The van der Waals surface area contributed by atoms with Crippen molar-refractivity contribution in [2.75, 3.05) is 13.7 Å². The number of esters is 1. The molecule has 0 aliphatic rings. The van der Waals surface area contributed by atoms with E-state index in [9.17, 15) is 9.18 Å². The van der Waals surface area contributed by atoms with Crippen molar-refractivity contribution in [2.24, 2.45) is 0 Å². The Morgan fingerprint density at radius 2 is 1.37 bits per heavy atom. The maximum absolute atomic E-state index is 13.9. The van der Waals surface area contributed by atoms with E-state index in [4.69, 9.17) is 19.5 Å². The third kappa shape index (κ3) is 6.76. The van der Waals surface area contributed by atoms with E-state index >= 15 is 0 Å². The van der Waals surface area contributed by atoms with Gasteiger partial charge in [0.2, 0.25) is 0 Å². The van der Waals surface area contributed by atoms with Crippen molar-refractivity contribution in [2.45, 2.75) is 18.3 Å². The van der Waals surface area contributed by atoms with Crippen LogP contribution in [0.25, 0.3) is 0 Å². The van der Waals surface area contributed by atoms with Crippen LogP contribution < -0.4 is 0 Å². The van der Waals surface area contributed by atoms with Crippen molar-refractivity contribution in [1.82, 2.24) is 0 Å². The van der Waals surface area contributed by atoms with E-state index in [-0.39, 0.29) is 48.3 Å². The second-order valence-corrected chi connectivity index (χ2v) is 8.37. The molecule has 0 aliphatic heterocycles. The Hall–Kier alpha value is -3.31. The Labute approximate surface area is 244 Å². The number of benzene rings is 4. The van der Waals surface area contributed by atoms with Crippen LogP contribution in [0.4, 0.5) is 4.39 Å². The van der Waals surface area contributed by atoms with Gasteiger partial charge in [0.05, 0.1) is 32.0 Å². The Balaban J connectivity index is 0.00000400. The molecule has 187 valence electrons. The fourth-order valence-corrected chi connectivity index (χ4v) is 4.28. The summed E-state index contributed by atoms with van der Waals surface area (Å²) in [7, 11) is 1.27. The van der Waals surface area contributed by atoms with Gasteiger partial charge in [-0.3, -0.25) is 0 Å². The third-order valence-electron chi connectivity index (χ3n) is 5.99. The fourth-order valence-electron chi connectivity index (χ4n) is 4.28. The van der Waals surface area contributed by atoms with Gasteiger partial charge in [0.25, 0.3) is 0 Å². The zero-order valence-corrected chi connectivity index (χ0v) is 23.3. The number of carbonyl (C=O) groups excluding carboxylic acids is 1. The van der Waals surface area contributed by atoms with E-state index in [0.717, 1.165) is 22.8 Å². The van der Waals surface area contributed by atoms with Crippen LogP contribution in [-0.2, 0) is 31.2 Å². The smallest absolute Gasteiger partial charge is 0.337 e. The molecule has 0 amide bonds. The van der Waals surface area contributed by atoms with E-state index in [1.54, 1.807) is 0 Å². The van der Waals surface area contributed by atoms with Crippen molar-refractivity contribution in [3.05, 3.63) is 143 Å². The number of carbonyl (C=O) groups is 1. The molecule has 0 bridgehead atoms. The molecule has 0 fully saturated rings. The third-order valence-corrected chi connectivity index (χ3v) is 5.99.